The largest absolute Gasteiger partial charge is 0.454 e. The molecule has 0 radical (unpaired) electrons. The number of carbonyl (C=O) groups excluding carboxylic acids is 1. The summed E-state index contributed by atoms with van der Waals surface area (Å²) in [5.41, 5.74) is 1.73. The number of benzene rings is 1. The molecule has 0 unspecified atom stereocenters. The number of fused-ring (bicyclic) bond motifs is 1. The van der Waals surface area contributed by atoms with E-state index in [4.69, 9.17) is 9.47 Å². The Labute approximate surface area is 141 Å². The van der Waals surface area contributed by atoms with Crippen molar-refractivity contribution in [1.82, 2.24) is 14.7 Å². The summed E-state index contributed by atoms with van der Waals surface area (Å²) in [5, 5.41) is 4.37. The van der Waals surface area contributed by atoms with Crippen molar-refractivity contribution in [2.45, 2.75) is 38.8 Å². The molecule has 126 valence electrons. The lowest BCUT2D eigenvalue weighted by Crippen LogP contribution is -2.46. The third-order valence-corrected chi connectivity index (χ3v) is 4.68. The number of piperidine rings is 1. The summed E-state index contributed by atoms with van der Waals surface area (Å²) in [4.78, 5) is 15.1. The van der Waals surface area contributed by atoms with Gasteiger partial charge in [0.15, 0.2) is 11.5 Å². The quantitative estimate of drug-likeness (QED) is 0.869. The lowest BCUT2D eigenvalue weighted by molar-refractivity contribution is 0.0579. The van der Waals surface area contributed by atoms with E-state index in [-0.39, 0.29) is 18.7 Å². The Morgan fingerprint density at radius 3 is 3.08 bits per heavy atom. The van der Waals surface area contributed by atoms with Crippen molar-refractivity contribution in [3.05, 3.63) is 41.7 Å². The summed E-state index contributed by atoms with van der Waals surface area (Å²) in [5.74, 6) is 1.24. The monoisotopic (exact) mass is 327 g/mol. The Kier molecular flexibility index (Phi) is 3.88. The van der Waals surface area contributed by atoms with E-state index in [2.05, 4.69) is 5.10 Å². The zero-order chi connectivity index (χ0) is 16.5. The zero-order valence-electron chi connectivity index (χ0n) is 13.8. The van der Waals surface area contributed by atoms with Crippen LogP contribution in [0.15, 0.2) is 30.6 Å². The summed E-state index contributed by atoms with van der Waals surface area (Å²) < 4.78 is 12.8. The fraction of sp³-hybridized carbons (Fsp3) is 0.444. The molecule has 1 amide bonds. The zero-order valence-corrected chi connectivity index (χ0v) is 13.8. The van der Waals surface area contributed by atoms with Crippen molar-refractivity contribution in [2.24, 2.45) is 0 Å². The van der Waals surface area contributed by atoms with Crippen molar-refractivity contribution < 1.29 is 14.3 Å². The van der Waals surface area contributed by atoms with Crippen LogP contribution in [-0.4, -0.2) is 40.0 Å². The van der Waals surface area contributed by atoms with E-state index < -0.39 is 0 Å². The summed E-state index contributed by atoms with van der Waals surface area (Å²) in [6.45, 7) is 3.70. The van der Waals surface area contributed by atoms with Crippen LogP contribution in [0.25, 0.3) is 0 Å². The van der Waals surface area contributed by atoms with Gasteiger partial charge in [0.2, 0.25) is 6.79 Å². The molecule has 1 fully saturated rings. The first-order valence-corrected chi connectivity index (χ1v) is 8.41. The third kappa shape index (κ3) is 2.72. The molecule has 2 aromatic rings. The van der Waals surface area contributed by atoms with Gasteiger partial charge in [0, 0.05) is 12.7 Å². The molecule has 2 aliphatic rings. The van der Waals surface area contributed by atoms with Gasteiger partial charge in [0.05, 0.1) is 24.3 Å². The lowest BCUT2D eigenvalue weighted by Gasteiger charge is -2.36. The Balaban J connectivity index is 1.58. The molecule has 4 rings (SSSR count). The van der Waals surface area contributed by atoms with Crippen LogP contribution >= 0.6 is 0 Å². The van der Waals surface area contributed by atoms with Crippen molar-refractivity contribution in [2.75, 3.05) is 13.3 Å². The molecule has 0 spiro atoms. The molecule has 0 aliphatic carbocycles. The summed E-state index contributed by atoms with van der Waals surface area (Å²) in [7, 11) is 0. The van der Waals surface area contributed by atoms with Crippen molar-refractivity contribution in [3.8, 4) is 11.5 Å². The molecular formula is C18H21N3O3. The highest BCUT2D eigenvalue weighted by Gasteiger charge is 2.31. The second-order valence-electron chi connectivity index (χ2n) is 6.43. The normalized spacial score (nSPS) is 19.5. The van der Waals surface area contributed by atoms with Crippen LogP contribution in [0.1, 0.15) is 35.2 Å². The smallest absolute Gasteiger partial charge is 0.258 e. The molecule has 1 saturated heterocycles. The van der Waals surface area contributed by atoms with E-state index in [0.717, 1.165) is 37.9 Å². The second-order valence-corrected chi connectivity index (χ2v) is 6.43. The predicted octanol–water partition coefficient (Wildman–Crippen LogP) is 2.62. The fourth-order valence-corrected chi connectivity index (χ4v) is 3.49. The molecule has 1 atom stereocenters. The minimum Gasteiger partial charge on any atom is -0.454 e. The average molecular weight is 327 g/mol. The molecule has 0 saturated carbocycles. The van der Waals surface area contributed by atoms with Crippen molar-refractivity contribution in [3.63, 3.8) is 0 Å². The first-order chi connectivity index (χ1) is 11.7. The van der Waals surface area contributed by atoms with Crippen LogP contribution in [-0.2, 0) is 6.54 Å². The first kappa shape index (κ1) is 15.1. The molecule has 24 heavy (non-hydrogen) atoms. The van der Waals surface area contributed by atoms with E-state index in [0.29, 0.717) is 17.1 Å². The summed E-state index contributed by atoms with van der Waals surface area (Å²) in [6.07, 6.45) is 7.05. The number of hydrogen-bond acceptors (Lipinski definition) is 4. The molecule has 0 bridgehead atoms. The average Bonchev–Trinajstić information content (AvgIpc) is 3.23. The Morgan fingerprint density at radius 1 is 1.33 bits per heavy atom. The Morgan fingerprint density at radius 2 is 2.25 bits per heavy atom. The second kappa shape index (κ2) is 6.19. The van der Waals surface area contributed by atoms with Gasteiger partial charge in [-0.25, -0.2) is 0 Å². The molecule has 0 N–H and O–H groups in total. The Bertz CT molecular complexity index is 756. The number of para-hydroxylation sites is 1. The third-order valence-electron chi connectivity index (χ3n) is 4.68. The van der Waals surface area contributed by atoms with Crippen molar-refractivity contribution >= 4 is 5.91 Å². The SMILES string of the molecule is Cc1cnn(C[C@H]2CCCCN2C(=O)c2cccc3c2OCO3)c1. The van der Waals surface area contributed by atoms with Crippen LogP contribution in [0.4, 0.5) is 0 Å². The molecule has 6 nitrogen and oxygen atoms in total. The molecule has 2 aliphatic heterocycles. The van der Waals surface area contributed by atoms with Gasteiger partial charge in [-0.3, -0.25) is 9.48 Å². The Hall–Kier alpha value is -2.50. The van der Waals surface area contributed by atoms with Gasteiger partial charge in [0.1, 0.15) is 0 Å². The van der Waals surface area contributed by atoms with Crippen LogP contribution < -0.4 is 9.47 Å². The topological polar surface area (TPSA) is 56.6 Å². The molecular weight excluding hydrogens is 306 g/mol. The minimum absolute atomic E-state index is 0.0194. The number of ether oxygens (including phenoxy) is 2. The van der Waals surface area contributed by atoms with Gasteiger partial charge in [-0.15, -0.1) is 0 Å². The number of carbonyl (C=O) groups is 1. The van der Waals surface area contributed by atoms with Crippen LogP contribution in [0.2, 0.25) is 0 Å². The van der Waals surface area contributed by atoms with E-state index in [1.807, 2.05) is 47.1 Å². The van der Waals surface area contributed by atoms with Gasteiger partial charge >= 0.3 is 0 Å². The van der Waals surface area contributed by atoms with Crippen LogP contribution in [0.5, 0.6) is 11.5 Å². The molecule has 6 heteroatoms. The fourth-order valence-electron chi connectivity index (χ4n) is 3.49. The highest BCUT2D eigenvalue weighted by Crippen LogP contribution is 2.36. The van der Waals surface area contributed by atoms with Gasteiger partial charge in [-0.05, 0) is 43.9 Å². The maximum absolute atomic E-state index is 13.1. The number of aromatic nitrogens is 2. The first-order valence-electron chi connectivity index (χ1n) is 8.41. The predicted molar refractivity (Wildman–Crippen MR) is 88.2 cm³/mol. The highest BCUT2D eigenvalue weighted by atomic mass is 16.7. The summed E-state index contributed by atoms with van der Waals surface area (Å²) in [6, 6.07) is 5.65. The van der Waals surface area contributed by atoms with Gasteiger partial charge in [-0.1, -0.05) is 6.07 Å². The van der Waals surface area contributed by atoms with E-state index in [1.165, 1.54) is 0 Å². The maximum Gasteiger partial charge on any atom is 0.258 e. The highest BCUT2D eigenvalue weighted by molar-refractivity contribution is 5.98. The number of hydrogen-bond donors (Lipinski definition) is 0. The van der Waals surface area contributed by atoms with Crippen LogP contribution in [0.3, 0.4) is 0 Å². The maximum atomic E-state index is 13.1. The number of likely N-dealkylation sites (tertiary alicyclic amines) is 1. The van der Waals surface area contributed by atoms with Gasteiger partial charge < -0.3 is 14.4 Å². The lowest BCUT2D eigenvalue weighted by atomic mass is 10.0. The van der Waals surface area contributed by atoms with E-state index >= 15 is 0 Å². The van der Waals surface area contributed by atoms with E-state index in [1.54, 1.807) is 0 Å². The number of nitrogens with zero attached hydrogens (tertiary/aromatic N) is 3. The number of amides is 1. The standard InChI is InChI=1S/C18H21N3O3/c1-13-9-19-20(10-13)11-14-5-2-3-8-21(14)18(22)15-6-4-7-16-17(15)24-12-23-16/h4,6-7,9-10,14H,2-3,5,8,11-12H2,1H3/t14-/m1/s1. The minimum atomic E-state index is 0.0194. The number of aryl methyl sites for hydroxylation is 1. The molecule has 3 heterocycles. The van der Waals surface area contributed by atoms with E-state index in [9.17, 15) is 4.79 Å². The van der Waals surface area contributed by atoms with Gasteiger partial charge in [-0.2, -0.15) is 5.10 Å². The van der Waals surface area contributed by atoms with Crippen molar-refractivity contribution in [1.29, 1.82) is 0 Å². The number of rotatable bonds is 3. The molecule has 1 aromatic carbocycles. The van der Waals surface area contributed by atoms with Crippen LogP contribution in [0, 0.1) is 6.92 Å². The summed E-state index contributed by atoms with van der Waals surface area (Å²) >= 11 is 0. The van der Waals surface area contributed by atoms with Gasteiger partial charge in [0.25, 0.3) is 5.91 Å². The molecule has 1 aromatic heterocycles.